The van der Waals surface area contributed by atoms with Crippen LogP contribution in [0.15, 0.2) is 0 Å². The first-order valence-electron chi connectivity index (χ1n) is 3.20. The SMILES string of the molecule is O=P(O)(O)CCCC(Cl)CCl. The van der Waals surface area contributed by atoms with Crippen LogP contribution in [0.5, 0.6) is 0 Å². The average molecular weight is 221 g/mol. The molecule has 0 rings (SSSR count). The van der Waals surface area contributed by atoms with Gasteiger partial charge in [0.05, 0.1) is 0 Å². The number of halogens is 2. The molecule has 0 saturated heterocycles. The van der Waals surface area contributed by atoms with Crippen molar-refractivity contribution in [2.24, 2.45) is 0 Å². The van der Waals surface area contributed by atoms with Gasteiger partial charge in [-0.25, -0.2) is 0 Å². The van der Waals surface area contributed by atoms with Gasteiger partial charge in [0.25, 0.3) is 0 Å². The predicted octanol–water partition coefficient (Wildman–Crippen LogP) is 1.79. The highest BCUT2D eigenvalue weighted by atomic mass is 35.5. The molecule has 0 aromatic carbocycles. The summed E-state index contributed by atoms with van der Waals surface area (Å²) in [7, 11) is -3.83. The summed E-state index contributed by atoms with van der Waals surface area (Å²) in [5.74, 6) is 0.322. The van der Waals surface area contributed by atoms with E-state index >= 15 is 0 Å². The second-order valence-corrected chi connectivity index (χ2v) is 4.98. The summed E-state index contributed by atoms with van der Waals surface area (Å²) in [4.78, 5) is 16.9. The summed E-state index contributed by atoms with van der Waals surface area (Å²) < 4.78 is 10.3. The van der Waals surface area contributed by atoms with Gasteiger partial charge < -0.3 is 9.79 Å². The van der Waals surface area contributed by atoms with E-state index in [-0.39, 0.29) is 11.5 Å². The third-order valence-corrected chi connectivity index (χ3v) is 2.94. The highest BCUT2D eigenvalue weighted by molar-refractivity contribution is 7.51. The molecule has 2 N–H and O–H groups in total. The van der Waals surface area contributed by atoms with Crippen molar-refractivity contribution >= 4 is 30.8 Å². The average Bonchev–Trinajstić information content (AvgIpc) is 1.85. The van der Waals surface area contributed by atoms with Gasteiger partial charge in [-0.2, -0.15) is 0 Å². The lowest BCUT2D eigenvalue weighted by Crippen LogP contribution is -2.01. The summed E-state index contributed by atoms with van der Waals surface area (Å²) in [5, 5.41) is -0.178. The van der Waals surface area contributed by atoms with Crippen molar-refractivity contribution < 1.29 is 14.4 Å². The molecule has 0 amide bonds. The molecule has 0 aliphatic heterocycles. The van der Waals surface area contributed by atoms with Crippen molar-refractivity contribution in [1.82, 2.24) is 0 Å². The zero-order chi connectivity index (χ0) is 8.91. The molecule has 1 unspecified atom stereocenters. The Morgan fingerprint density at radius 1 is 1.45 bits per heavy atom. The second-order valence-electron chi connectivity index (χ2n) is 2.28. The van der Waals surface area contributed by atoms with Crippen LogP contribution in [0.25, 0.3) is 0 Å². The Hall–Kier alpha value is 0.730. The molecule has 6 heteroatoms. The molecule has 0 heterocycles. The maximum atomic E-state index is 10.3. The third kappa shape index (κ3) is 8.64. The van der Waals surface area contributed by atoms with Crippen LogP contribution in [0, 0.1) is 0 Å². The van der Waals surface area contributed by atoms with Gasteiger partial charge in [0.15, 0.2) is 0 Å². The lowest BCUT2D eigenvalue weighted by atomic mass is 10.3. The number of hydrogen-bond donors (Lipinski definition) is 2. The third-order valence-electron chi connectivity index (χ3n) is 1.13. The van der Waals surface area contributed by atoms with Crippen LogP contribution in [0.2, 0.25) is 0 Å². The van der Waals surface area contributed by atoms with E-state index < -0.39 is 7.60 Å². The molecule has 11 heavy (non-hydrogen) atoms. The molecule has 3 nitrogen and oxygen atoms in total. The Morgan fingerprint density at radius 2 is 2.00 bits per heavy atom. The number of alkyl halides is 2. The summed E-state index contributed by atoms with van der Waals surface area (Å²) in [5.41, 5.74) is 0. The zero-order valence-electron chi connectivity index (χ0n) is 5.91. The lowest BCUT2D eigenvalue weighted by molar-refractivity contribution is 0.371. The maximum absolute atomic E-state index is 10.3. The van der Waals surface area contributed by atoms with Crippen molar-refractivity contribution in [1.29, 1.82) is 0 Å². The first-order chi connectivity index (χ1) is 4.95. The first-order valence-corrected chi connectivity index (χ1v) is 5.97. The quantitative estimate of drug-likeness (QED) is 0.549. The Kier molecular flexibility index (Phi) is 5.75. The molecule has 0 radical (unpaired) electrons. The molecule has 0 saturated carbocycles. The van der Waals surface area contributed by atoms with Crippen LogP contribution >= 0.6 is 30.8 Å². The monoisotopic (exact) mass is 220 g/mol. The zero-order valence-corrected chi connectivity index (χ0v) is 8.32. The summed E-state index contributed by atoms with van der Waals surface area (Å²) in [6, 6.07) is 0. The van der Waals surface area contributed by atoms with Crippen LogP contribution in [0.3, 0.4) is 0 Å². The van der Waals surface area contributed by atoms with Gasteiger partial charge in [0, 0.05) is 17.4 Å². The smallest absolute Gasteiger partial charge is 0.324 e. The van der Waals surface area contributed by atoms with E-state index in [0.717, 1.165) is 0 Å². The van der Waals surface area contributed by atoms with Gasteiger partial charge in [-0.05, 0) is 12.8 Å². The van der Waals surface area contributed by atoms with Crippen LogP contribution in [0.4, 0.5) is 0 Å². The molecular weight excluding hydrogens is 210 g/mol. The largest absolute Gasteiger partial charge is 0.325 e. The van der Waals surface area contributed by atoms with Gasteiger partial charge in [0.2, 0.25) is 0 Å². The minimum absolute atomic E-state index is 0.104. The highest BCUT2D eigenvalue weighted by Gasteiger charge is 2.13. The van der Waals surface area contributed by atoms with E-state index in [1.807, 2.05) is 0 Å². The van der Waals surface area contributed by atoms with Crippen molar-refractivity contribution in [2.45, 2.75) is 18.2 Å². The Balaban J connectivity index is 3.35. The molecule has 1 atom stereocenters. The number of hydrogen-bond acceptors (Lipinski definition) is 1. The molecule has 0 aliphatic rings. The molecule has 0 aromatic rings. The van der Waals surface area contributed by atoms with E-state index in [0.29, 0.717) is 18.7 Å². The summed E-state index contributed by atoms with van der Waals surface area (Å²) in [6.07, 6.45) is 0.869. The number of rotatable bonds is 5. The summed E-state index contributed by atoms with van der Waals surface area (Å²) >= 11 is 11.0. The minimum atomic E-state index is -3.83. The van der Waals surface area contributed by atoms with Crippen molar-refractivity contribution in [3.05, 3.63) is 0 Å². The van der Waals surface area contributed by atoms with Crippen LogP contribution in [-0.4, -0.2) is 27.2 Å². The van der Waals surface area contributed by atoms with Crippen molar-refractivity contribution in [3.63, 3.8) is 0 Å². The Bertz CT molecular complexity index is 147. The normalized spacial score (nSPS) is 14.9. The lowest BCUT2D eigenvalue weighted by Gasteiger charge is -2.05. The molecule has 0 bridgehead atoms. The van der Waals surface area contributed by atoms with Gasteiger partial charge in [0.1, 0.15) is 0 Å². The van der Waals surface area contributed by atoms with Crippen molar-refractivity contribution in [3.8, 4) is 0 Å². The fraction of sp³-hybridized carbons (Fsp3) is 1.00. The highest BCUT2D eigenvalue weighted by Crippen LogP contribution is 2.35. The standard InChI is InChI=1S/C5H11Cl2O3P/c6-4-5(7)2-1-3-11(8,9)10/h5H,1-4H2,(H2,8,9,10). The maximum Gasteiger partial charge on any atom is 0.325 e. The van der Waals surface area contributed by atoms with Crippen molar-refractivity contribution in [2.75, 3.05) is 12.0 Å². The summed E-state index contributed by atoms with van der Waals surface area (Å²) in [6.45, 7) is 0. The van der Waals surface area contributed by atoms with E-state index in [2.05, 4.69) is 0 Å². The van der Waals surface area contributed by atoms with Crippen LogP contribution in [-0.2, 0) is 4.57 Å². The molecule has 68 valence electrons. The Labute approximate surface area is 75.9 Å². The fourth-order valence-corrected chi connectivity index (χ4v) is 1.50. The van der Waals surface area contributed by atoms with E-state index in [9.17, 15) is 4.57 Å². The second kappa shape index (κ2) is 5.39. The van der Waals surface area contributed by atoms with E-state index in [1.165, 1.54) is 0 Å². The molecular formula is C5H11Cl2O3P. The first kappa shape index (κ1) is 11.7. The van der Waals surface area contributed by atoms with Gasteiger partial charge in [-0.15, -0.1) is 23.2 Å². The van der Waals surface area contributed by atoms with Gasteiger partial charge in [-0.1, -0.05) is 0 Å². The van der Waals surface area contributed by atoms with Crippen LogP contribution in [0.1, 0.15) is 12.8 Å². The molecule has 0 spiro atoms. The minimum Gasteiger partial charge on any atom is -0.324 e. The van der Waals surface area contributed by atoms with E-state index in [4.69, 9.17) is 33.0 Å². The van der Waals surface area contributed by atoms with Gasteiger partial charge in [-0.3, -0.25) is 4.57 Å². The fourth-order valence-electron chi connectivity index (χ4n) is 0.596. The van der Waals surface area contributed by atoms with Crippen LogP contribution < -0.4 is 0 Å². The molecule has 0 fully saturated rings. The van der Waals surface area contributed by atoms with Gasteiger partial charge >= 0.3 is 7.60 Å². The molecule has 0 aromatic heterocycles. The molecule has 0 aliphatic carbocycles. The van der Waals surface area contributed by atoms with E-state index in [1.54, 1.807) is 0 Å². The Morgan fingerprint density at radius 3 is 2.36 bits per heavy atom. The topological polar surface area (TPSA) is 57.5 Å². The predicted molar refractivity (Wildman–Crippen MR) is 46.5 cm³/mol.